The first-order valence-electron chi connectivity index (χ1n) is 12.4. The zero-order valence-electron chi connectivity index (χ0n) is 18.2. The second-order valence-electron chi connectivity index (χ2n) is 9.89. The van der Waals surface area contributed by atoms with Crippen LogP contribution in [0, 0.1) is 23.7 Å². The van der Waals surface area contributed by atoms with Crippen LogP contribution in [0.3, 0.4) is 0 Å². The third-order valence-electron chi connectivity index (χ3n) is 7.75. The molecule has 0 atom stereocenters. The molecule has 0 spiro atoms. The Hall–Kier alpha value is -1.05. The summed E-state index contributed by atoms with van der Waals surface area (Å²) < 4.78 is 0. The molecule has 1 aromatic heterocycles. The van der Waals surface area contributed by atoms with Gasteiger partial charge in [-0.2, -0.15) is 0 Å². The number of hydrogen-bond acceptors (Lipinski definition) is 2. The van der Waals surface area contributed by atoms with Crippen LogP contribution in [0.2, 0.25) is 0 Å². The number of unbranched alkanes of at least 4 members (excludes halogenated alkanes) is 2. The number of hydrogen-bond donors (Lipinski definition) is 1. The standard InChI is InChI=1S/C26H43NO/c1-2-3-4-5-21-6-8-22(9-7-21)10-11-23-12-14-24(15-13-23)16-17-25-18-19-26(28)20-27-25/h18-24,28H,2-17H2,1H3/t21-,22-,23-,24-. The summed E-state index contributed by atoms with van der Waals surface area (Å²) in [5.41, 5.74) is 1.13. The Balaban J connectivity index is 1.24. The highest BCUT2D eigenvalue weighted by molar-refractivity contribution is 5.17. The van der Waals surface area contributed by atoms with Crippen LogP contribution in [-0.4, -0.2) is 10.1 Å². The van der Waals surface area contributed by atoms with E-state index in [0.29, 0.717) is 0 Å². The summed E-state index contributed by atoms with van der Waals surface area (Å²) in [5.74, 6) is 4.27. The molecule has 2 aliphatic rings. The summed E-state index contributed by atoms with van der Waals surface area (Å²) in [5, 5.41) is 9.34. The predicted octanol–water partition coefficient (Wildman–Crippen LogP) is 7.69. The first-order chi connectivity index (χ1) is 13.7. The Bertz CT molecular complexity index is 524. The Morgan fingerprint density at radius 2 is 1.29 bits per heavy atom. The fourth-order valence-electron chi connectivity index (χ4n) is 5.69. The normalized spacial score (nSPS) is 28.3. The molecular weight excluding hydrogens is 342 g/mol. The van der Waals surface area contributed by atoms with Crippen molar-refractivity contribution < 1.29 is 5.11 Å². The average Bonchev–Trinajstić information content (AvgIpc) is 2.74. The van der Waals surface area contributed by atoms with Crippen molar-refractivity contribution in [2.75, 3.05) is 0 Å². The van der Waals surface area contributed by atoms with Gasteiger partial charge in [-0.05, 0) is 48.6 Å². The van der Waals surface area contributed by atoms with Crippen LogP contribution < -0.4 is 0 Å². The summed E-state index contributed by atoms with van der Waals surface area (Å²) in [7, 11) is 0. The zero-order valence-corrected chi connectivity index (χ0v) is 18.2. The molecule has 28 heavy (non-hydrogen) atoms. The average molecular weight is 386 g/mol. The van der Waals surface area contributed by atoms with E-state index in [2.05, 4.69) is 11.9 Å². The molecule has 158 valence electrons. The van der Waals surface area contributed by atoms with Gasteiger partial charge in [-0.25, -0.2) is 0 Å². The Labute approximate surface area is 173 Å². The molecule has 3 rings (SSSR count). The number of aromatic nitrogens is 1. The van der Waals surface area contributed by atoms with E-state index in [1.165, 1.54) is 96.3 Å². The SMILES string of the molecule is CCCCC[C@H]1CC[C@H](CC[C@H]2CC[C@H](CCc3ccc(O)cn3)CC2)CC1. The van der Waals surface area contributed by atoms with Gasteiger partial charge in [0.25, 0.3) is 0 Å². The minimum Gasteiger partial charge on any atom is -0.506 e. The summed E-state index contributed by atoms with van der Waals surface area (Å²) in [6.07, 6.45) is 24.5. The monoisotopic (exact) mass is 385 g/mol. The van der Waals surface area contributed by atoms with Gasteiger partial charge < -0.3 is 5.11 Å². The topological polar surface area (TPSA) is 33.1 Å². The van der Waals surface area contributed by atoms with Crippen LogP contribution in [0.4, 0.5) is 0 Å². The lowest BCUT2D eigenvalue weighted by molar-refractivity contribution is 0.208. The summed E-state index contributed by atoms with van der Waals surface area (Å²) in [4.78, 5) is 4.33. The maximum Gasteiger partial charge on any atom is 0.133 e. The third kappa shape index (κ3) is 7.41. The Kier molecular flexibility index (Phi) is 9.15. The molecule has 0 aliphatic heterocycles. The van der Waals surface area contributed by atoms with E-state index >= 15 is 0 Å². The summed E-state index contributed by atoms with van der Waals surface area (Å²) in [6.45, 7) is 2.32. The molecule has 0 amide bonds. The number of pyridine rings is 1. The van der Waals surface area contributed by atoms with E-state index in [0.717, 1.165) is 35.8 Å². The fourth-order valence-corrected chi connectivity index (χ4v) is 5.69. The molecule has 2 fully saturated rings. The van der Waals surface area contributed by atoms with Crippen molar-refractivity contribution in [3.05, 3.63) is 24.0 Å². The maximum absolute atomic E-state index is 9.34. The van der Waals surface area contributed by atoms with E-state index in [4.69, 9.17) is 0 Å². The van der Waals surface area contributed by atoms with Crippen LogP contribution in [-0.2, 0) is 6.42 Å². The molecule has 2 heteroatoms. The molecule has 0 saturated heterocycles. The van der Waals surface area contributed by atoms with Gasteiger partial charge >= 0.3 is 0 Å². The zero-order chi connectivity index (χ0) is 19.6. The molecule has 2 aliphatic carbocycles. The van der Waals surface area contributed by atoms with Gasteiger partial charge in [0.1, 0.15) is 5.75 Å². The van der Waals surface area contributed by atoms with Crippen LogP contribution in [0.25, 0.3) is 0 Å². The second-order valence-corrected chi connectivity index (χ2v) is 9.89. The fraction of sp³-hybridized carbons (Fsp3) is 0.808. The van der Waals surface area contributed by atoms with E-state index < -0.39 is 0 Å². The molecule has 0 radical (unpaired) electrons. The molecular formula is C26H43NO. The van der Waals surface area contributed by atoms with E-state index in [9.17, 15) is 5.11 Å². The van der Waals surface area contributed by atoms with E-state index in [1.807, 2.05) is 6.07 Å². The minimum atomic E-state index is 0.272. The molecule has 0 aromatic carbocycles. The number of rotatable bonds is 10. The van der Waals surface area contributed by atoms with Gasteiger partial charge in [-0.3, -0.25) is 4.98 Å². The van der Waals surface area contributed by atoms with Crippen LogP contribution >= 0.6 is 0 Å². The van der Waals surface area contributed by atoms with E-state index in [1.54, 1.807) is 12.3 Å². The lowest BCUT2D eigenvalue weighted by Crippen LogP contribution is -2.18. The van der Waals surface area contributed by atoms with Gasteiger partial charge in [0.05, 0.1) is 6.20 Å². The lowest BCUT2D eigenvalue weighted by atomic mass is 9.74. The van der Waals surface area contributed by atoms with Crippen molar-refractivity contribution in [1.29, 1.82) is 0 Å². The van der Waals surface area contributed by atoms with E-state index in [-0.39, 0.29) is 5.75 Å². The predicted molar refractivity (Wildman–Crippen MR) is 118 cm³/mol. The minimum absolute atomic E-state index is 0.272. The van der Waals surface area contributed by atoms with Crippen molar-refractivity contribution in [2.45, 2.75) is 110 Å². The van der Waals surface area contributed by atoms with Crippen molar-refractivity contribution in [2.24, 2.45) is 23.7 Å². The number of aryl methyl sites for hydroxylation is 1. The number of nitrogens with zero attached hydrogens (tertiary/aromatic N) is 1. The van der Waals surface area contributed by atoms with Crippen molar-refractivity contribution in [3.63, 3.8) is 0 Å². The molecule has 1 N–H and O–H groups in total. The second kappa shape index (κ2) is 11.8. The Morgan fingerprint density at radius 1 is 0.750 bits per heavy atom. The van der Waals surface area contributed by atoms with Gasteiger partial charge in [-0.15, -0.1) is 0 Å². The van der Waals surface area contributed by atoms with Gasteiger partial charge in [0.15, 0.2) is 0 Å². The van der Waals surface area contributed by atoms with Crippen molar-refractivity contribution in [3.8, 4) is 5.75 Å². The van der Waals surface area contributed by atoms with Crippen molar-refractivity contribution >= 4 is 0 Å². The first kappa shape index (κ1) is 21.7. The molecule has 0 bridgehead atoms. The van der Waals surface area contributed by atoms with Crippen molar-refractivity contribution in [1.82, 2.24) is 4.98 Å². The smallest absolute Gasteiger partial charge is 0.133 e. The molecule has 1 heterocycles. The molecule has 2 nitrogen and oxygen atoms in total. The van der Waals surface area contributed by atoms with Gasteiger partial charge in [0, 0.05) is 5.69 Å². The highest BCUT2D eigenvalue weighted by Crippen LogP contribution is 2.38. The largest absolute Gasteiger partial charge is 0.506 e. The van der Waals surface area contributed by atoms with Crippen LogP contribution in [0.15, 0.2) is 18.3 Å². The van der Waals surface area contributed by atoms with Gasteiger partial charge in [-0.1, -0.05) is 96.8 Å². The number of aromatic hydroxyl groups is 1. The third-order valence-corrected chi connectivity index (χ3v) is 7.75. The van der Waals surface area contributed by atoms with Crippen LogP contribution in [0.5, 0.6) is 5.75 Å². The Morgan fingerprint density at radius 3 is 1.79 bits per heavy atom. The molecule has 2 saturated carbocycles. The lowest BCUT2D eigenvalue weighted by Gasteiger charge is -2.32. The summed E-state index contributed by atoms with van der Waals surface area (Å²) >= 11 is 0. The van der Waals surface area contributed by atoms with Crippen LogP contribution in [0.1, 0.15) is 109 Å². The first-order valence-corrected chi connectivity index (χ1v) is 12.4. The highest BCUT2D eigenvalue weighted by Gasteiger charge is 2.24. The molecule has 0 unspecified atom stereocenters. The molecule has 1 aromatic rings. The van der Waals surface area contributed by atoms with Gasteiger partial charge in [0.2, 0.25) is 0 Å². The highest BCUT2D eigenvalue weighted by atomic mass is 16.3. The summed E-state index contributed by atoms with van der Waals surface area (Å²) in [6, 6.07) is 3.73. The quantitative estimate of drug-likeness (QED) is 0.419. The maximum atomic E-state index is 9.34.